The average Bonchev–Trinajstić information content (AvgIpc) is 1.51. The van der Waals surface area contributed by atoms with E-state index in [2.05, 4.69) is 215 Å². The summed E-state index contributed by atoms with van der Waals surface area (Å²) < 4.78 is 13.8. The van der Waals surface area contributed by atoms with Crippen LogP contribution in [0.4, 0.5) is 0 Å². The van der Waals surface area contributed by atoms with E-state index in [-0.39, 0.29) is 21.1 Å². The van der Waals surface area contributed by atoms with E-state index in [9.17, 15) is 0 Å². The molecule has 0 atom stereocenters. The first-order chi connectivity index (χ1) is 60.1. The van der Waals surface area contributed by atoms with Gasteiger partial charge in [-0.15, -0.1) is 34.0 Å². The van der Waals surface area contributed by atoms with Crippen molar-refractivity contribution >= 4 is 195 Å². The van der Waals surface area contributed by atoms with Gasteiger partial charge in [-0.2, -0.15) is 39.9 Å². The van der Waals surface area contributed by atoms with Crippen molar-refractivity contribution in [3.05, 3.63) is 373 Å². The molecule has 13 nitrogen and oxygen atoms in total. The summed E-state index contributed by atoms with van der Waals surface area (Å²) in [6.45, 7) is 0. The minimum absolute atomic E-state index is 0.160. The Hall–Kier alpha value is -14.0. The number of para-hydroxylation sites is 1. The van der Waals surface area contributed by atoms with Crippen molar-refractivity contribution in [2.45, 2.75) is 0 Å². The van der Waals surface area contributed by atoms with Crippen LogP contribution in [0, 0.1) is 0 Å². The van der Waals surface area contributed by atoms with Crippen LogP contribution in [0.2, 0.25) is 21.1 Å². The first-order valence-electron chi connectivity index (χ1n) is 39.0. The molecule has 0 saturated heterocycles. The van der Waals surface area contributed by atoms with Crippen LogP contribution in [0.5, 0.6) is 0 Å². The molecule has 0 radical (unpaired) electrons. The van der Waals surface area contributed by atoms with Crippen LogP contribution in [-0.2, 0) is 0 Å². The van der Waals surface area contributed by atoms with Crippen LogP contribution in [0.25, 0.3) is 217 Å². The van der Waals surface area contributed by atoms with Gasteiger partial charge < -0.3 is 4.42 Å². The van der Waals surface area contributed by atoms with Gasteiger partial charge in [-0.1, -0.05) is 309 Å². The quantitative estimate of drug-likeness (QED) is 0.134. The fourth-order valence-electron chi connectivity index (χ4n) is 15.8. The highest BCUT2D eigenvalue weighted by Gasteiger charge is 2.23. The first-order valence-corrected chi connectivity index (χ1v) is 42.9. The molecule has 122 heavy (non-hydrogen) atoms. The van der Waals surface area contributed by atoms with Crippen LogP contribution in [0.3, 0.4) is 0 Å². The van der Waals surface area contributed by atoms with Crippen molar-refractivity contribution in [1.29, 1.82) is 0 Å². The highest BCUT2D eigenvalue weighted by atomic mass is 35.5. The molecule has 0 aliphatic heterocycles. The van der Waals surface area contributed by atoms with E-state index < -0.39 is 0 Å². The van der Waals surface area contributed by atoms with E-state index in [0.29, 0.717) is 46.6 Å². The highest BCUT2D eigenvalue weighted by Crippen LogP contribution is 2.47. The van der Waals surface area contributed by atoms with E-state index in [1.165, 1.54) is 76.9 Å². The Bertz CT molecular complexity index is 7920. The fourth-order valence-corrected chi connectivity index (χ4v) is 20.1. The van der Waals surface area contributed by atoms with Crippen molar-refractivity contribution in [3.63, 3.8) is 0 Å². The third kappa shape index (κ3) is 14.6. The zero-order valence-electron chi connectivity index (χ0n) is 64.0. The van der Waals surface area contributed by atoms with Gasteiger partial charge in [0.15, 0.2) is 46.6 Å². The summed E-state index contributed by atoms with van der Waals surface area (Å²) in [7, 11) is 0. The first kappa shape index (κ1) is 75.4. The maximum atomic E-state index is 6.33. The Balaban J connectivity index is 0.000000100. The Morgan fingerprint density at radius 1 is 0.180 bits per heavy atom. The molecule has 16 aromatic carbocycles. The predicted octanol–water partition coefficient (Wildman–Crippen LogP) is 29.6. The molecule has 24 rings (SSSR count). The summed E-state index contributed by atoms with van der Waals surface area (Å²) in [5.41, 5.74) is 11.3. The van der Waals surface area contributed by atoms with Gasteiger partial charge in [-0.05, 0) is 127 Å². The Morgan fingerprint density at radius 2 is 0.500 bits per heavy atom. The van der Waals surface area contributed by atoms with Gasteiger partial charge in [0.2, 0.25) is 21.1 Å². The van der Waals surface area contributed by atoms with Crippen molar-refractivity contribution in [2.75, 3.05) is 0 Å². The highest BCUT2D eigenvalue weighted by molar-refractivity contribution is 7.27. The average molecular weight is 1710 g/mol. The number of fused-ring (bicyclic) bond motifs is 18. The lowest BCUT2D eigenvalue weighted by atomic mass is 9.99. The summed E-state index contributed by atoms with van der Waals surface area (Å²) in [5.74, 6) is 4.52. The second-order valence-corrected chi connectivity index (χ2v) is 33.2. The number of aromatic nitrogens is 12. The maximum absolute atomic E-state index is 6.33. The lowest BCUT2D eigenvalue weighted by molar-refractivity contribution is 0.669. The van der Waals surface area contributed by atoms with Gasteiger partial charge in [-0.25, -0.2) is 19.9 Å². The molecule has 8 aromatic heterocycles. The molecule has 0 fully saturated rings. The largest absolute Gasteiger partial charge is 0.456 e. The second-order valence-electron chi connectivity index (χ2n) is 28.7. The second kappa shape index (κ2) is 32.6. The third-order valence-corrected chi connectivity index (χ3v) is 25.5. The molecule has 0 aliphatic carbocycles. The molecule has 0 amide bonds. The molecular formula is C102H58Cl4N12OS3. The van der Waals surface area contributed by atoms with Crippen LogP contribution in [0.1, 0.15) is 0 Å². The molecule has 24 aromatic rings. The Morgan fingerprint density at radius 3 is 0.992 bits per heavy atom. The Kier molecular flexibility index (Phi) is 20.2. The van der Waals surface area contributed by atoms with Gasteiger partial charge in [0.05, 0.1) is 0 Å². The van der Waals surface area contributed by atoms with Crippen LogP contribution < -0.4 is 0 Å². The number of rotatable bonds is 9. The number of thiophene rings is 3. The number of halogens is 4. The Labute approximate surface area is 728 Å². The number of nitrogens with zero attached hydrogens (tertiary/aromatic N) is 12. The molecule has 0 unspecified atom stereocenters. The molecule has 578 valence electrons. The zero-order valence-corrected chi connectivity index (χ0v) is 69.5. The number of furan rings is 1. The molecule has 0 saturated carbocycles. The molecule has 20 heteroatoms. The van der Waals surface area contributed by atoms with Gasteiger partial charge in [0.1, 0.15) is 11.2 Å². The van der Waals surface area contributed by atoms with Gasteiger partial charge >= 0.3 is 0 Å². The minimum atomic E-state index is 0.160. The molecule has 0 N–H and O–H groups in total. The van der Waals surface area contributed by atoms with Gasteiger partial charge in [0.25, 0.3) is 0 Å². The topological polar surface area (TPSA) is 168 Å². The molecule has 0 bridgehead atoms. The number of hydrogen-bond donors (Lipinski definition) is 0. The minimum Gasteiger partial charge on any atom is -0.456 e. The molecule has 8 heterocycles. The summed E-state index contributed by atoms with van der Waals surface area (Å²) in [5, 5.41) is 17.3. The smallest absolute Gasteiger partial charge is 0.226 e. The van der Waals surface area contributed by atoms with Crippen LogP contribution in [-0.4, -0.2) is 59.8 Å². The SMILES string of the molecule is Clc1nc(-c2ccccc2)nc(-c2cc3c4ccccc4sc3c3ccccc23)n1.Clc1nc(-c2ccccc2)nc(-c2cc3oc4ccccc4c3c3ccccc23)n1.Clc1nc(-c2ccccc2)nc(-c2cc3sc4ccccc4c3c3ccccc23)n1.Clc1nc(-c2ccccc2)nc(-c2ccc(-c3cccc4c3sc3ccccc34)cc2)n1. The van der Waals surface area contributed by atoms with E-state index in [0.717, 1.165) is 93.6 Å². The van der Waals surface area contributed by atoms with E-state index in [4.69, 9.17) is 65.8 Å². The van der Waals surface area contributed by atoms with E-state index in [1.807, 2.05) is 205 Å². The third-order valence-electron chi connectivity index (χ3n) is 21.3. The van der Waals surface area contributed by atoms with Gasteiger partial charge in [0, 0.05) is 121 Å². The lowest BCUT2D eigenvalue weighted by Crippen LogP contribution is -1.97. The lowest BCUT2D eigenvalue weighted by Gasteiger charge is -2.09. The predicted molar refractivity (Wildman–Crippen MR) is 507 cm³/mol. The normalized spacial score (nSPS) is 11.4. The van der Waals surface area contributed by atoms with E-state index in [1.54, 1.807) is 11.3 Å². The summed E-state index contributed by atoms with van der Waals surface area (Å²) in [4.78, 5) is 54.1. The maximum Gasteiger partial charge on any atom is 0.226 e. The van der Waals surface area contributed by atoms with Crippen molar-refractivity contribution in [1.82, 2.24) is 59.8 Å². The summed E-state index contributed by atoms with van der Waals surface area (Å²) >= 11 is 30.6. The number of hydrogen-bond acceptors (Lipinski definition) is 16. The fraction of sp³-hybridized carbons (Fsp3) is 0. The number of benzene rings is 16. The van der Waals surface area contributed by atoms with Crippen molar-refractivity contribution < 1.29 is 4.42 Å². The van der Waals surface area contributed by atoms with Crippen molar-refractivity contribution in [2.24, 2.45) is 0 Å². The molecule has 0 aliphatic rings. The molecule has 0 spiro atoms. The summed E-state index contributed by atoms with van der Waals surface area (Å²) in [6.07, 6.45) is 0. The van der Waals surface area contributed by atoms with Crippen LogP contribution >= 0.6 is 80.4 Å². The standard InChI is InChI=1S/C27H16ClN3S.C25H14ClN3O.2C25H14ClN3S/c28-27-30-25(18-7-2-1-3-8-18)29-26(31-27)19-15-13-17(14-16-19)20-10-6-11-22-21-9-4-5-12-23(21)32-24(20)22;26-25-28-23(15-8-2-1-3-9-15)27-24(29-25)19-14-21-22(17-11-5-4-10-16(17)19)18-12-6-7-13-20(18)30-21;26-25-28-23(15-8-2-1-3-9-15)27-24(29-25)20-14-19-17-11-6-7-13-21(17)30-22(19)18-12-5-4-10-16(18)20;26-25-28-23(15-8-2-1-3-9-15)27-24(29-25)19-14-21-22(17-11-5-4-10-16(17)19)18-12-6-7-13-20(18)30-21/h1-16H;3*1-14H. The van der Waals surface area contributed by atoms with Gasteiger partial charge in [-0.3, -0.25) is 0 Å². The van der Waals surface area contributed by atoms with Crippen molar-refractivity contribution in [3.8, 4) is 102 Å². The monoisotopic (exact) mass is 1700 g/mol. The molecular weight excluding hydrogens is 1650 g/mol. The zero-order chi connectivity index (χ0) is 81.7. The van der Waals surface area contributed by atoms with Crippen LogP contribution in [0.15, 0.2) is 356 Å². The van der Waals surface area contributed by atoms with E-state index >= 15 is 0 Å². The summed E-state index contributed by atoms with van der Waals surface area (Å²) in [6, 6.07) is 119.